The molecule has 0 saturated carbocycles. The third kappa shape index (κ3) is 3.15. The summed E-state index contributed by atoms with van der Waals surface area (Å²) in [7, 11) is -3.32. The fraction of sp³-hybridized carbons (Fsp3) is 0.471. The van der Waals surface area contributed by atoms with Gasteiger partial charge in [0.25, 0.3) is 0 Å². The van der Waals surface area contributed by atoms with E-state index < -0.39 is 9.84 Å². The molecule has 0 amide bonds. The highest BCUT2D eigenvalue weighted by atomic mass is 32.2. The third-order valence-electron chi connectivity index (χ3n) is 4.59. The molecule has 1 atom stereocenters. The van der Waals surface area contributed by atoms with Crippen molar-refractivity contribution in [2.24, 2.45) is 0 Å². The third-order valence-corrected chi connectivity index (χ3v) is 6.53. The molecule has 0 aliphatic carbocycles. The van der Waals surface area contributed by atoms with Crippen LogP contribution in [0, 0.1) is 0 Å². The molecule has 2 aromatic rings. The van der Waals surface area contributed by atoms with E-state index >= 15 is 0 Å². The number of hydrogen-bond donors (Lipinski definition) is 1. The molecule has 0 spiro atoms. The van der Waals surface area contributed by atoms with Crippen LogP contribution in [0.3, 0.4) is 0 Å². The Labute approximate surface area is 132 Å². The van der Waals surface area contributed by atoms with Crippen LogP contribution < -0.4 is 4.90 Å². The molecule has 1 N–H and O–H groups in total. The van der Waals surface area contributed by atoms with Crippen molar-refractivity contribution in [2.75, 3.05) is 18.8 Å². The lowest BCUT2D eigenvalue weighted by Gasteiger charge is -2.29. The van der Waals surface area contributed by atoms with Gasteiger partial charge in [0.1, 0.15) is 5.75 Å². The van der Waals surface area contributed by atoms with E-state index in [-0.39, 0.29) is 11.8 Å². The molecule has 1 saturated heterocycles. The first-order valence-corrected chi connectivity index (χ1v) is 9.64. The summed E-state index contributed by atoms with van der Waals surface area (Å²) in [5.41, 5.74) is 0.589. The number of sulfone groups is 1. The van der Waals surface area contributed by atoms with E-state index in [9.17, 15) is 8.42 Å². The van der Waals surface area contributed by atoms with Crippen molar-refractivity contribution in [3.05, 3.63) is 36.5 Å². The highest BCUT2D eigenvalue weighted by Gasteiger charge is 2.28. The minimum absolute atomic E-state index is 0.129. The Morgan fingerprint density at radius 1 is 1.14 bits per heavy atom. The number of likely N-dealkylation sites (tertiary alicyclic amines) is 1. The molecule has 0 bridgehead atoms. The second kappa shape index (κ2) is 6.34. The number of pyridine rings is 1. The first kappa shape index (κ1) is 15.4. The van der Waals surface area contributed by atoms with Gasteiger partial charge in [-0.05, 0) is 38.3 Å². The maximum atomic E-state index is 12.8. The SMILES string of the molecule is C[C@@H](CS(=O)(=O)c1cccc2cccnc12)[NH+]1CCCCC1. The van der Waals surface area contributed by atoms with Gasteiger partial charge in [-0.3, -0.25) is 4.98 Å². The molecule has 0 unspecified atom stereocenters. The smallest absolute Gasteiger partial charge is 0.186 e. The molecule has 1 aliphatic rings. The lowest BCUT2D eigenvalue weighted by Crippen LogP contribution is -3.16. The average Bonchev–Trinajstić information content (AvgIpc) is 2.54. The largest absolute Gasteiger partial charge is 0.332 e. The van der Waals surface area contributed by atoms with Crippen molar-refractivity contribution in [2.45, 2.75) is 37.1 Å². The van der Waals surface area contributed by atoms with E-state index in [2.05, 4.69) is 11.9 Å². The zero-order chi connectivity index (χ0) is 15.6. The molecule has 5 heteroatoms. The quantitative estimate of drug-likeness (QED) is 0.928. The number of quaternary nitrogens is 1. The second-order valence-electron chi connectivity index (χ2n) is 6.23. The van der Waals surface area contributed by atoms with Gasteiger partial charge in [0.2, 0.25) is 0 Å². The van der Waals surface area contributed by atoms with E-state index in [0.29, 0.717) is 10.4 Å². The van der Waals surface area contributed by atoms with Gasteiger partial charge in [-0.1, -0.05) is 18.2 Å². The Balaban J connectivity index is 1.88. The van der Waals surface area contributed by atoms with E-state index in [4.69, 9.17) is 0 Å². The number of para-hydroxylation sites is 1. The van der Waals surface area contributed by atoms with E-state index in [0.717, 1.165) is 18.5 Å². The van der Waals surface area contributed by atoms with Crippen LogP contribution in [-0.4, -0.2) is 38.3 Å². The number of nitrogens with one attached hydrogen (secondary N) is 1. The van der Waals surface area contributed by atoms with Crippen molar-refractivity contribution < 1.29 is 13.3 Å². The molecule has 3 rings (SSSR count). The standard InChI is InChI=1S/C17H22N2O2S/c1-14(19-11-3-2-4-12-19)13-22(20,21)16-9-5-7-15-8-6-10-18-17(15)16/h5-10,14H,2-4,11-13H2,1H3/p+1/t14-/m0/s1. The average molecular weight is 319 g/mol. The number of hydrogen-bond acceptors (Lipinski definition) is 3. The molecule has 1 aromatic heterocycles. The Kier molecular flexibility index (Phi) is 4.45. The first-order valence-electron chi connectivity index (χ1n) is 7.99. The molecule has 1 fully saturated rings. The van der Waals surface area contributed by atoms with Crippen LogP contribution >= 0.6 is 0 Å². The predicted octanol–water partition coefficient (Wildman–Crippen LogP) is 1.47. The van der Waals surface area contributed by atoms with Crippen molar-refractivity contribution in [1.82, 2.24) is 4.98 Å². The molecule has 22 heavy (non-hydrogen) atoms. The lowest BCUT2D eigenvalue weighted by atomic mass is 10.1. The van der Waals surface area contributed by atoms with Gasteiger partial charge >= 0.3 is 0 Å². The fourth-order valence-corrected chi connectivity index (χ4v) is 5.19. The minimum atomic E-state index is -3.32. The molecule has 2 heterocycles. The van der Waals surface area contributed by atoms with E-state index in [1.54, 1.807) is 18.3 Å². The van der Waals surface area contributed by atoms with E-state index in [1.165, 1.54) is 24.2 Å². The summed E-state index contributed by atoms with van der Waals surface area (Å²) in [4.78, 5) is 6.07. The fourth-order valence-electron chi connectivity index (χ4n) is 3.36. The lowest BCUT2D eigenvalue weighted by molar-refractivity contribution is -0.925. The Morgan fingerprint density at radius 2 is 1.86 bits per heavy atom. The van der Waals surface area contributed by atoms with Gasteiger partial charge in [-0.2, -0.15) is 0 Å². The van der Waals surface area contributed by atoms with Crippen LogP contribution in [0.25, 0.3) is 10.9 Å². The molecule has 0 radical (unpaired) electrons. The molecular formula is C17H23N2O2S+. The van der Waals surface area contributed by atoms with Crippen molar-refractivity contribution in [1.29, 1.82) is 0 Å². The number of nitrogens with zero attached hydrogens (tertiary/aromatic N) is 1. The number of benzene rings is 1. The summed E-state index contributed by atoms with van der Waals surface area (Å²) in [6, 6.07) is 9.25. The number of aromatic nitrogens is 1. The van der Waals surface area contributed by atoms with Gasteiger partial charge in [0.05, 0.1) is 29.5 Å². The summed E-state index contributed by atoms with van der Waals surface area (Å²) in [6.45, 7) is 4.23. The zero-order valence-corrected chi connectivity index (χ0v) is 13.8. The number of rotatable bonds is 4. The maximum Gasteiger partial charge on any atom is 0.186 e. The predicted molar refractivity (Wildman–Crippen MR) is 87.8 cm³/mol. The molecule has 1 aromatic carbocycles. The second-order valence-corrected chi connectivity index (χ2v) is 8.24. The maximum absolute atomic E-state index is 12.8. The highest BCUT2D eigenvalue weighted by Crippen LogP contribution is 2.22. The van der Waals surface area contributed by atoms with Gasteiger partial charge in [-0.25, -0.2) is 8.42 Å². The van der Waals surface area contributed by atoms with Crippen molar-refractivity contribution >= 4 is 20.7 Å². The van der Waals surface area contributed by atoms with Gasteiger partial charge in [0.15, 0.2) is 9.84 Å². The zero-order valence-electron chi connectivity index (χ0n) is 13.0. The molecule has 118 valence electrons. The highest BCUT2D eigenvalue weighted by molar-refractivity contribution is 7.91. The van der Waals surface area contributed by atoms with Gasteiger partial charge < -0.3 is 4.90 Å². The summed E-state index contributed by atoms with van der Waals surface area (Å²) >= 11 is 0. The van der Waals surface area contributed by atoms with E-state index in [1.807, 2.05) is 18.2 Å². The minimum Gasteiger partial charge on any atom is -0.332 e. The normalized spacial score (nSPS) is 18.4. The van der Waals surface area contributed by atoms with Crippen LogP contribution in [-0.2, 0) is 9.84 Å². The monoisotopic (exact) mass is 319 g/mol. The van der Waals surface area contributed by atoms with Crippen LogP contribution in [0.5, 0.6) is 0 Å². The Hall–Kier alpha value is -1.46. The van der Waals surface area contributed by atoms with Crippen molar-refractivity contribution in [3.63, 3.8) is 0 Å². The molecular weight excluding hydrogens is 296 g/mol. The van der Waals surface area contributed by atoms with Crippen LogP contribution in [0.4, 0.5) is 0 Å². The molecule has 1 aliphatic heterocycles. The van der Waals surface area contributed by atoms with Gasteiger partial charge in [0, 0.05) is 11.6 Å². The summed E-state index contributed by atoms with van der Waals surface area (Å²) in [6.07, 6.45) is 5.34. The van der Waals surface area contributed by atoms with Crippen LogP contribution in [0.2, 0.25) is 0 Å². The summed E-state index contributed by atoms with van der Waals surface area (Å²) in [5, 5.41) is 0.876. The topological polar surface area (TPSA) is 51.5 Å². The van der Waals surface area contributed by atoms with Crippen LogP contribution in [0.15, 0.2) is 41.4 Å². The molecule has 4 nitrogen and oxygen atoms in total. The first-order chi connectivity index (χ1) is 10.6. The van der Waals surface area contributed by atoms with Gasteiger partial charge in [-0.15, -0.1) is 0 Å². The Bertz CT molecular complexity index is 747. The Morgan fingerprint density at radius 3 is 2.64 bits per heavy atom. The number of fused-ring (bicyclic) bond motifs is 1. The van der Waals surface area contributed by atoms with Crippen molar-refractivity contribution in [3.8, 4) is 0 Å². The summed E-state index contributed by atoms with van der Waals surface area (Å²) < 4.78 is 25.7. The number of piperidine rings is 1. The summed E-state index contributed by atoms with van der Waals surface area (Å²) in [5.74, 6) is 0.192. The van der Waals surface area contributed by atoms with Crippen LogP contribution in [0.1, 0.15) is 26.2 Å².